The van der Waals surface area contributed by atoms with Gasteiger partial charge in [-0.25, -0.2) is 17.6 Å². The zero-order chi connectivity index (χ0) is 32.6. The number of nitrogens with zero attached hydrogens (tertiary/aromatic N) is 1. The van der Waals surface area contributed by atoms with Gasteiger partial charge < -0.3 is 23.8 Å². The molecular formula is C35H43FN2O7S. The summed E-state index contributed by atoms with van der Waals surface area (Å²) < 4.78 is 64.1. The zero-order valence-corrected chi connectivity index (χ0v) is 27.3. The first-order valence-electron chi connectivity index (χ1n) is 15.9. The normalized spacial score (nSPS) is 17.3. The summed E-state index contributed by atoms with van der Waals surface area (Å²) in [5.41, 5.74) is 3.17. The number of sulfonamides is 1. The van der Waals surface area contributed by atoms with Crippen LogP contribution in [0.4, 0.5) is 14.9 Å². The molecule has 46 heavy (non-hydrogen) atoms. The molecule has 2 aliphatic rings. The van der Waals surface area contributed by atoms with Gasteiger partial charge in [0.15, 0.2) is 0 Å². The lowest BCUT2D eigenvalue weighted by Gasteiger charge is -2.32. The number of benzene rings is 3. The van der Waals surface area contributed by atoms with E-state index in [9.17, 15) is 17.6 Å². The highest BCUT2D eigenvalue weighted by Crippen LogP contribution is 2.35. The minimum absolute atomic E-state index is 0.178. The summed E-state index contributed by atoms with van der Waals surface area (Å²) in [6, 6.07) is 18.0. The predicted octanol–water partition coefficient (Wildman–Crippen LogP) is 7.36. The van der Waals surface area contributed by atoms with Gasteiger partial charge in [-0.1, -0.05) is 31.0 Å². The molecule has 5 rings (SSSR count). The van der Waals surface area contributed by atoms with Crippen LogP contribution in [0.15, 0.2) is 71.6 Å². The van der Waals surface area contributed by atoms with Crippen molar-refractivity contribution >= 4 is 21.8 Å². The number of unbranched alkanes of at least 4 members (excludes halogenated alkanes) is 4. The molecule has 2 aliphatic heterocycles. The average molecular weight is 655 g/mol. The van der Waals surface area contributed by atoms with E-state index in [1.54, 1.807) is 23.1 Å². The second kappa shape index (κ2) is 15.3. The van der Waals surface area contributed by atoms with E-state index >= 15 is 0 Å². The Morgan fingerprint density at radius 3 is 2.52 bits per heavy atom. The molecule has 3 aromatic carbocycles. The first-order valence-corrected chi connectivity index (χ1v) is 17.4. The minimum atomic E-state index is -3.76. The van der Waals surface area contributed by atoms with E-state index in [0.717, 1.165) is 67.4 Å². The molecule has 0 radical (unpaired) electrons. The van der Waals surface area contributed by atoms with Crippen LogP contribution in [0.2, 0.25) is 0 Å². The van der Waals surface area contributed by atoms with Crippen molar-refractivity contribution in [2.75, 3.05) is 31.0 Å². The van der Waals surface area contributed by atoms with Crippen LogP contribution in [-0.4, -0.2) is 51.5 Å². The topological polar surface area (TPSA) is 103 Å². The highest BCUT2D eigenvalue weighted by Gasteiger charge is 2.33. The lowest BCUT2D eigenvalue weighted by Crippen LogP contribution is -2.35. The van der Waals surface area contributed by atoms with Crippen LogP contribution in [0.25, 0.3) is 0 Å². The number of anilines is 1. The van der Waals surface area contributed by atoms with Gasteiger partial charge in [0.05, 0.1) is 18.0 Å². The van der Waals surface area contributed by atoms with E-state index in [1.165, 1.54) is 24.3 Å². The van der Waals surface area contributed by atoms with E-state index in [-0.39, 0.29) is 17.1 Å². The van der Waals surface area contributed by atoms with Crippen molar-refractivity contribution in [1.82, 2.24) is 4.90 Å². The van der Waals surface area contributed by atoms with Crippen molar-refractivity contribution in [3.63, 3.8) is 0 Å². The van der Waals surface area contributed by atoms with Gasteiger partial charge in [-0.15, -0.1) is 0 Å². The molecule has 1 saturated heterocycles. The average Bonchev–Trinajstić information content (AvgIpc) is 3.40. The summed E-state index contributed by atoms with van der Waals surface area (Å²) in [6.45, 7) is 6.80. The van der Waals surface area contributed by atoms with E-state index < -0.39 is 21.6 Å². The third-order valence-electron chi connectivity index (χ3n) is 8.05. The molecule has 0 aromatic heterocycles. The van der Waals surface area contributed by atoms with Crippen LogP contribution in [-0.2, 0) is 37.3 Å². The Labute approximate surface area is 271 Å². The van der Waals surface area contributed by atoms with Gasteiger partial charge in [-0.2, -0.15) is 0 Å². The van der Waals surface area contributed by atoms with Crippen LogP contribution in [0.5, 0.6) is 5.75 Å². The molecule has 1 fully saturated rings. The Morgan fingerprint density at radius 1 is 0.957 bits per heavy atom. The van der Waals surface area contributed by atoms with Crippen molar-refractivity contribution in [2.24, 2.45) is 0 Å². The van der Waals surface area contributed by atoms with Gasteiger partial charge in [0.25, 0.3) is 10.0 Å². The van der Waals surface area contributed by atoms with Gasteiger partial charge in [0.1, 0.15) is 17.7 Å². The molecule has 0 saturated carbocycles. The van der Waals surface area contributed by atoms with Crippen LogP contribution in [0.3, 0.4) is 0 Å². The first-order chi connectivity index (χ1) is 22.1. The van der Waals surface area contributed by atoms with Crippen molar-refractivity contribution in [1.29, 1.82) is 0 Å². The summed E-state index contributed by atoms with van der Waals surface area (Å²) in [6.07, 6.45) is 5.87. The number of carbonyl (C=O) groups excluding carboxylic acids is 1. The number of aryl methyl sites for hydroxylation is 1. The smallest absolute Gasteiger partial charge is 0.410 e. The molecule has 1 atom stereocenters. The maximum Gasteiger partial charge on any atom is 0.410 e. The van der Waals surface area contributed by atoms with Crippen molar-refractivity contribution in [3.8, 4) is 5.75 Å². The third-order valence-corrected chi connectivity index (χ3v) is 9.43. The molecule has 0 spiro atoms. The van der Waals surface area contributed by atoms with Gasteiger partial charge in [0, 0.05) is 44.9 Å². The second-order valence-corrected chi connectivity index (χ2v) is 13.9. The molecule has 9 nitrogen and oxygen atoms in total. The van der Waals surface area contributed by atoms with Crippen LogP contribution in [0.1, 0.15) is 75.2 Å². The highest BCUT2D eigenvalue weighted by atomic mass is 32.2. The molecule has 1 N–H and O–H groups in total. The maximum atomic E-state index is 13.1. The summed E-state index contributed by atoms with van der Waals surface area (Å²) >= 11 is 0. The SMILES string of the molecule is CC1(C)OCc2cc(C3CN(CCCCCCOCCCCc4cccc(S(=O)(=O)Nc5ccc(F)cc5)c4)C(=O)O3)ccc2O1. The number of amides is 1. The number of cyclic esters (lactones) is 1. The first kappa shape index (κ1) is 33.7. The quantitative estimate of drug-likeness (QED) is 0.161. The Kier molecular flexibility index (Phi) is 11.2. The largest absolute Gasteiger partial charge is 0.463 e. The van der Waals surface area contributed by atoms with Crippen molar-refractivity contribution < 1.29 is 36.6 Å². The summed E-state index contributed by atoms with van der Waals surface area (Å²) in [7, 11) is -3.76. The maximum absolute atomic E-state index is 13.1. The monoisotopic (exact) mass is 654 g/mol. The third kappa shape index (κ3) is 9.43. The van der Waals surface area contributed by atoms with E-state index in [0.29, 0.717) is 38.6 Å². The molecule has 3 aromatic rings. The molecule has 11 heteroatoms. The Bertz CT molecular complexity index is 1580. The van der Waals surface area contributed by atoms with Crippen LogP contribution in [0, 0.1) is 5.82 Å². The van der Waals surface area contributed by atoms with Crippen molar-refractivity contribution in [2.45, 2.75) is 82.2 Å². The van der Waals surface area contributed by atoms with Crippen molar-refractivity contribution in [3.05, 3.63) is 89.2 Å². The fourth-order valence-corrected chi connectivity index (χ4v) is 6.65. The van der Waals surface area contributed by atoms with Gasteiger partial charge in [-0.3, -0.25) is 4.72 Å². The number of carbonyl (C=O) groups is 1. The summed E-state index contributed by atoms with van der Waals surface area (Å²) in [5.74, 6) is -0.263. The number of halogens is 1. The summed E-state index contributed by atoms with van der Waals surface area (Å²) in [4.78, 5) is 14.4. The predicted molar refractivity (Wildman–Crippen MR) is 173 cm³/mol. The fourth-order valence-electron chi connectivity index (χ4n) is 5.52. The van der Waals surface area contributed by atoms with Gasteiger partial charge in [-0.05, 0) is 91.8 Å². The Morgan fingerprint density at radius 2 is 1.72 bits per heavy atom. The molecule has 1 unspecified atom stereocenters. The summed E-state index contributed by atoms with van der Waals surface area (Å²) in [5, 5.41) is 0. The number of fused-ring (bicyclic) bond motifs is 1. The molecule has 0 bridgehead atoms. The van der Waals surface area contributed by atoms with Gasteiger partial charge >= 0.3 is 6.09 Å². The second-order valence-electron chi connectivity index (χ2n) is 12.2. The number of rotatable bonds is 16. The van der Waals surface area contributed by atoms with E-state index in [4.69, 9.17) is 18.9 Å². The lowest BCUT2D eigenvalue weighted by atomic mass is 10.0. The standard InChI is InChI=1S/C35H43FN2O7S/c1-35(2)43-25-28-23-27(13-18-32(28)45-35)33-24-38(34(39)44-33)19-6-3-4-7-20-42-21-8-5-10-26-11-9-12-31(22-26)46(40,41)37-30-16-14-29(36)15-17-30/h9,11-18,22-23,33,37H,3-8,10,19-21,24-25H2,1-2H3. The molecule has 1 amide bonds. The number of hydrogen-bond donors (Lipinski definition) is 1. The van der Waals surface area contributed by atoms with E-state index in [2.05, 4.69) is 4.72 Å². The Hall–Kier alpha value is -3.67. The minimum Gasteiger partial charge on any atom is -0.463 e. The number of hydrogen-bond acceptors (Lipinski definition) is 7. The molecule has 248 valence electrons. The molecule has 0 aliphatic carbocycles. The molecular weight excluding hydrogens is 611 g/mol. The van der Waals surface area contributed by atoms with Crippen LogP contribution < -0.4 is 9.46 Å². The molecule has 2 heterocycles. The number of nitrogens with one attached hydrogen (secondary N) is 1. The zero-order valence-electron chi connectivity index (χ0n) is 26.5. The van der Waals surface area contributed by atoms with E-state index in [1.807, 2.05) is 38.1 Å². The lowest BCUT2D eigenvalue weighted by molar-refractivity contribution is -0.180. The van der Waals surface area contributed by atoms with Crippen LogP contribution >= 0.6 is 0 Å². The Balaban J connectivity index is 0.913. The van der Waals surface area contributed by atoms with Gasteiger partial charge in [0.2, 0.25) is 5.79 Å². The fraction of sp³-hybridized carbons (Fsp3) is 0.457. The number of ether oxygens (including phenoxy) is 4. The highest BCUT2D eigenvalue weighted by molar-refractivity contribution is 7.92.